The highest BCUT2D eigenvalue weighted by atomic mass is 79.9. The van der Waals surface area contributed by atoms with E-state index >= 15 is 0 Å². The second-order valence-corrected chi connectivity index (χ2v) is 6.38. The first-order valence-corrected chi connectivity index (χ1v) is 7.35. The molecule has 19 heavy (non-hydrogen) atoms. The van der Waals surface area contributed by atoms with E-state index in [0.29, 0.717) is 13.2 Å². The van der Waals surface area contributed by atoms with Crippen molar-refractivity contribution in [3.63, 3.8) is 0 Å². The third-order valence-electron chi connectivity index (χ3n) is 3.32. The average Bonchev–Trinajstić information content (AvgIpc) is 2.62. The first-order valence-electron chi connectivity index (χ1n) is 6.56. The summed E-state index contributed by atoms with van der Waals surface area (Å²) in [7, 11) is 0. The molecule has 4 nitrogen and oxygen atoms in total. The van der Waals surface area contributed by atoms with Crippen LogP contribution < -0.4 is 4.90 Å². The summed E-state index contributed by atoms with van der Waals surface area (Å²) in [5.41, 5.74) is 0.977. The second kappa shape index (κ2) is 5.49. The zero-order valence-corrected chi connectivity index (χ0v) is 13.2. The van der Waals surface area contributed by atoms with Crippen molar-refractivity contribution in [1.29, 1.82) is 0 Å². The Morgan fingerprint density at radius 2 is 2.32 bits per heavy atom. The number of amides is 1. The fourth-order valence-electron chi connectivity index (χ4n) is 2.23. The van der Waals surface area contributed by atoms with Crippen molar-refractivity contribution in [1.82, 2.24) is 4.98 Å². The number of halogens is 1. The van der Waals surface area contributed by atoms with Gasteiger partial charge < -0.3 is 4.74 Å². The van der Waals surface area contributed by atoms with Crippen molar-refractivity contribution in [3.8, 4) is 0 Å². The topological polar surface area (TPSA) is 42.4 Å². The number of carbonyl (C=O) groups is 1. The molecule has 5 heteroatoms. The largest absolute Gasteiger partial charge is 0.449 e. The molecule has 0 spiro atoms. The van der Waals surface area contributed by atoms with Gasteiger partial charge in [0.05, 0.1) is 6.61 Å². The van der Waals surface area contributed by atoms with Crippen LogP contribution >= 0.6 is 15.9 Å². The van der Waals surface area contributed by atoms with Crippen LogP contribution in [0, 0.1) is 0 Å². The number of rotatable bonds is 3. The maximum Gasteiger partial charge on any atom is 0.415 e. The van der Waals surface area contributed by atoms with Crippen molar-refractivity contribution in [2.24, 2.45) is 0 Å². The third kappa shape index (κ3) is 2.91. The van der Waals surface area contributed by atoms with Crippen LogP contribution in [0.2, 0.25) is 0 Å². The van der Waals surface area contributed by atoms with Crippen molar-refractivity contribution in [3.05, 3.63) is 22.3 Å². The summed E-state index contributed by atoms with van der Waals surface area (Å²) in [6.45, 7) is 7.37. The molecule has 1 amide bonds. The molecule has 0 saturated carbocycles. The van der Waals surface area contributed by atoms with Crippen molar-refractivity contribution in [2.45, 2.75) is 39.0 Å². The highest BCUT2D eigenvalue weighted by Crippen LogP contribution is 2.40. The number of unbranched alkanes of at least 4 members (excludes halogenated alkanes) is 1. The van der Waals surface area contributed by atoms with Gasteiger partial charge in [0.15, 0.2) is 0 Å². The van der Waals surface area contributed by atoms with Crippen LogP contribution in [0.1, 0.15) is 39.2 Å². The number of hydrogen-bond acceptors (Lipinski definition) is 3. The zero-order valence-electron chi connectivity index (χ0n) is 11.6. The molecule has 104 valence electrons. The lowest BCUT2D eigenvalue weighted by Gasteiger charge is -2.19. The number of pyridine rings is 1. The molecule has 0 atom stereocenters. The Labute approximate surface area is 122 Å². The van der Waals surface area contributed by atoms with E-state index in [0.717, 1.165) is 28.7 Å². The summed E-state index contributed by atoms with van der Waals surface area (Å²) in [5.74, 6) is 0.717. The minimum atomic E-state index is -0.296. The highest BCUT2D eigenvalue weighted by molar-refractivity contribution is 9.10. The number of carbonyl (C=O) groups excluding carboxylic acids is 1. The third-order valence-corrected chi connectivity index (χ3v) is 3.75. The lowest BCUT2D eigenvalue weighted by Crippen LogP contribution is -2.34. The molecule has 0 fully saturated rings. The number of fused-ring (bicyclic) bond motifs is 1. The molecule has 1 aromatic heterocycles. The molecule has 1 aliphatic heterocycles. The summed E-state index contributed by atoms with van der Waals surface area (Å²) < 4.78 is 6.21. The van der Waals surface area contributed by atoms with Crippen molar-refractivity contribution < 1.29 is 9.53 Å². The highest BCUT2D eigenvalue weighted by Gasteiger charge is 2.40. The molecule has 1 aliphatic rings. The quantitative estimate of drug-likeness (QED) is 0.791. The molecule has 2 heterocycles. The minimum Gasteiger partial charge on any atom is -0.449 e. The molecule has 0 aromatic carbocycles. The number of anilines is 1. The van der Waals surface area contributed by atoms with Gasteiger partial charge in [0.25, 0.3) is 0 Å². The van der Waals surface area contributed by atoms with E-state index in [1.54, 1.807) is 11.1 Å². The molecule has 0 N–H and O–H groups in total. The van der Waals surface area contributed by atoms with Crippen LogP contribution in [-0.4, -0.2) is 24.2 Å². The molecule has 0 saturated heterocycles. The van der Waals surface area contributed by atoms with E-state index in [1.807, 2.05) is 6.07 Å². The monoisotopic (exact) mass is 326 g/mol. The molecule has 1 aromatic rings. The Bertz CT molecular complexity index is 488. The van der Waals surface area contributed by atoms with E-state index in [9.17, 15) is 4.79 Å². The van der Waals surface area contributed by atoms with E-state index in [2.05, 4.69) is 41.7 Å². The van der Waals surface area contributed by atoms with Gasteiger partial charge in [0, 0.05) is 28.2 Å². The minimum absolute atomic E-state index is 0.101. The van der Waals surface area contributed by atoms with Gasteiger partial charge in [0.1, 0.15) is 5.82 Å². The normalized spacial score (nSPS) is 16.3. The Kier molecular flexibility index (Phi) is 4.13. The first kappa shape index (κ1) is 14.3. The van der Waals surface area contributed by atoms with Crippen LogP contribution in [0.15, 0.2) is 16.7 Å². The molecular formula is C14H19BrN2O2. The van der Waals surface area contributed by atoms with E-state index in [1.165, 1.54) is 0 Å². The molecule has 2 rings (SSSR count). The van der Waals surface area contributed by atoms with Gasteiger partial charge in [-0.3, -0.25) is 4.90 Å². The Balaban J connectivity index is 2.20. The maximum atomic E-state index is 12.1. The molecule has 0 aliphatic carbocycles. The van der Waals surface area contributed by atoms with Crippen LogP contribution in [0.3, 0.4) is 0 Å². The van der Waals surface area contributed by atoms with E-state index in [4.69, 9.17) is 4.74 Å². The van der Waals surface area contributed by atoms with Gasteiger partial charge in [-0.25, -0.2) is 9.78 Å². The van der Waals surface area contributed by atoms with Gasteiger partial charge in [-0.05, 0) is 28.4 Å². The van der Waals surface area contributed by atoms with E-state index < -0.39 is 0 Å². The molecular weight excluding hydrogens is 308 g/mol. The fourth-order valence-corrected chi connectivity index (χ4v) is 2.56. The number of nitrogens with zero attached hydrogens (tertiary/aromatic N) is 2. The molecule has 0 bridgehead atoms. The number of aromatic nitrogens is 1. The van der Waals surface area contributed by atoms with Crippen molar-refractivity contribution in [2.75, 3.05) is 18.1 Å². The van der Waals surface area contributed by atoms with Gasteiger partial charge in [-0.1, -0.05) is 27.2 Å². The van der Waals surface area contributed by atoms with Crippen LogP contribution in [0.25, 0.3) is 0 Å². The predicted octanol–water partition coefficient (Wildman–Crippen LogP) is 3.88. The lowest BCUT2D eigenvalue weighted by molar-refractivity contribution is 0.151. The van der Waals surface area contributed by atoms with Crippen LogP contribution in [0.4, 0.5) is 10.6 Å². The van der Waals surface area contributed by atoms with Crippen LogP contribution in [0.5, 0.6) is 0 Å². The fraction of sp³-hybridized carbons (Fsp3) is 0.571. The zero-order chi connectivity index (χ0) is 14.0. The average molecular weight is 327 g/mol. The first-order chi connectivity index (χ1) is 8.95. The smallest absolute Gasteiger partial charge is 0.415 e. The van der Waals surface area contributed by atoms with Gasteiger partial charge in [-0.2, -0.15) is 0 Å². The number of ether oxygens (including phenoxy) is 1. The Hall–Kier alpha value is -1.10. The Morgan fingerprint density at radius 1 is 1.58 bits per heavy atom. The molecule has 0 unspecified atom stereocenters. The summed E-state index contributed by atoms with van der Waals surface area (Å²) in [6.07, 6.45) is 3.33. The van der Waals surface area contributed by atoms with Gasteiger partial charge in [0.2, 0.25) is 0 Å². The Morgan fingerprint density at radius 3 is 3.00 bits per heavy atom. The second-order valence-electron chi connectivity index (χ2n) is 5.46. The molecule has 0 radical (unpaired) electrons. The van der Waals surface area contributed by atoms with Gasteiger partial charge >= 0.3 is 6.09 Å². The van der Waals surface area contributed by atoms with E-state index in [-0.39, 0.29) is 11.5 Å². The standard InChI is InChI=1S/C14H19BrN2O2/c1-4-5-6-19-13(18)17-9-14(2,3)11-7-10(15)8-16-12(11)17/h7-8H,4-6,9H2,1-3H3. The summed E-state index contributed by atoms with van der Waals surface area (Å²) in [6, 6.07) is 2.03. The summed E-state index contributed by atoms with van der Waals surface area (Å²) in [4.78, 5) is 18.1. The summed E-state index contributed by atoms with van der Waals surface area (Å²) in [5, 5.41) is 0. The maximum absolute atomic E-state index is 12.1. The number of hydrogen-bond donors (Lipinski definition) is 0. The van der Waals surface area contributed by atoms with Gasteiger partial charge in [-0.15, -0.1) is 0 Å². The lowest BCUT2D eigenvalue weighted by atomic mass is 9.88. The predicted molar refractivity (Wildman–Crippen MR) is 78.6 cm³/mol. The SMILES string of the molecule is CCCCOC(=O)N1CC(C)(C)c2cc(Br)cnc21. The van der Waals surface area contributed by atoms with Crippen molar-refractivity contribution >= 4 is 27.8 Å². The van der Waals surface area contributed by atoms with Crippen LogP contribution in [-0.2, 0) is 10.2 Å². The summed E-state index contributed by atoms with van der Waals surface area (Å²) >= 11 is 3.43.